The SMILES string of the molecule is COc1ccc(C(=O)OCCCCCCCl)cc1OC. The molecule has 1 rings (SSSR count). The maximum absolute atomic E-state index is 11.9. The molecule has 0 fully saturated rings. The number of rotatable bonds is 9. The zero-order chi connectivity index (χ0) is 14.8. The van der Waals surface area contributed by atoms with Crippen molar-refractivity contribution < 1.29 is 19.0 Å². The van der Waals surface area contributed by atoms with E-state index in [-0.39, 0.29) is 5.97 Å². The second-order valence-electron chi connectivity index (χ2n) is 4.31. The fourth-order valence-electron chi connectivity index (χ4n) is 1.76. The summed E-state index contributed by atoms with van der Waals surface area (Å²) in [7, 11) is 3.08. The first-order chi connectivity index (χ1) is 9.72. The number of alkyl halides is 1. The van der Waals surface area contributed by atoms with Crippen molar-refractivity contribution >= 4 is 17.6 Å². The molecule has 112 valence electrons. The van der Waals surface area contributed by atoms with Gasteiger partial charge in [0.05, 0.1) is 26.4 Å². The molecule has 5 heteroatoms. The molecule has 4 nitrogen and oxygen atoms in total. The Balaban J connectivity index is 2.43. The van der Waals surface area contributed by atoms with Gasteiger partial charge >= 0.3 is 5.97 Å². The lowest BCUT2D eigenvalue weighted by Gasteiger charge is -2.09. The molecule has 0 amide bonds. The van der Waals surface area contributed by atoms with Crippen molar-refractivity contribution in [3.63, 3.8) is 0 Å². The maximum atomic E-state index is 11.9. The highest BCUT2D eigenvalue weighted by molar-refractivity contribution is 6.17. The molecule has 0 spiro atoms. The van der Waals surface area contributed by atoms with Gasteiger partial charge in [0.2, 0.25) is 0 Å². The summed E-state index contributed by atoms with van der Waals surface area (Å²) in [4.78, 5) is 11.9. The number of ether oxygens (including phenoxy) is 3. The van der Waals surface area contributed by atoms with Crippen LogP contribution in [0.15, 0.2) is 18.2 Å². The van der Waals surface area contributed by atoms with Gasteiger partial charge < -0.3 is 14.2 Å². The molecule has 0 unspecified atom stereocenters. The van der Waals surface area contributed by atoms with Crippen molar-refractivity contribution in [1.82, 2.24) is 0 Å². The second-order valence-corrected chi connectivity index (χ2v) is 4.69. The average molecular weight is 301 g/mol. The summed E-state index contributed by atoms with van der Waals surface area (Å²) in [6, 6.07) is 4.97. The summed E-state index contributed by atoms with van der Waals surface area (Å²) in [5.41, 5.74) is 0.461. The number of halogens is 1. The molecule has 0 N–H and O–H groups in total. The van der Waals surface area contributed by atoms with E-state index in [0.29, 0.717) is 29.5 Å². The highest BCUT2D eigenvalue weighted by Gasteiger charge is 2.11. The number of esters is 1. The molecule has 0 saturated carbocycles. The molecule has 0 saturated heterocycles. The van der Waals surface area contributed by atoms with Gasteiger partial charge in [-0.1, -0.05) is 12.8 Å². The lowest BCUT2D eigenvalue weighted by molar-refractivity contribution is 0.0497. The lowest BCUT2D eigenvalue weighted by Crippen LogP contribution is -2.07. The Morgan fingerprint density at radius 1 is 1.05 bits per heavy atom. The van der Waals surface area contributed by atoms with E-state index in [4.69, 9.17) is 25.8 Å². The molecule has 0 aliphatic carbocycles. The van der Waals surface area contributed by atoms with Crippen LogP contribution in [0.2, 0.25) is 0 Å². The molecule has 1 aromatic carbocycles. The van der Waals surface area contributed by atoms with Crippen molar-refractivity contribution in [3.8, 4) is 11.5 Å². The Labute approximate surface area is 125 Å². The zero-order valence-electron chi connectivity index (χ0n) is 12.0. The van der Waals surface area contributed by atoms with E-state index in [1.165, 1.54) is 7.11 Å². The Morgan fingerprint density at radius 2 is 1.75 bits per heavy atom. The van der Waals surface area contributed by atoms with Gasteiger partial charge in [-0.25, -0.2) is 4.79 Å². The molecule has 0 atom stereocenters. The van der Waals surface area contributed by atoms with Gasteiger partial charge in [0.25, 0.3) is 0 Å². The first-order valence-electron chi connectivity index (χ1n) is 6.68. The minimum Gasteiger partial charge on any atom is -0.493 e. The quantitative estimate of drug-likeness (QED) is 0.396. The van der Waals surface area contributed by atoms with Crippen LogP contribution in [0, 0.1) is 0 Å². The Morgan fingerprint density at radius 3 is 2.40 bits per heavy atom. The fourth-order valence-corrected chi connectivity index (χ4v) is 1.95. The van der Waals surface area contributed by atoms with E-state index >= 15 is 0 Å². The number of hydrogen-bond acceptors (Lipinski definition) is 4. The molecule has 20 heavy (non-hydrogen) atoms. The summed E-state index contributed by atoms with van der Waals surface area (Å²) in [5.74, 6) is 1.45. The number of methoxy groups -OCH3 is 2. The standard InChI is InChI=1S/C15H21ClO4/c1-18-13-8-7-12(11-14(13)19-2)15(17)20-10-6-4-3-5-9-16/h7-8,11H,3-6,9-10H2,1-2H3. The Kier molecular flexibility index (Phi) is 7.88. The second kappa shape index (κ2) is 9.48. The number of hydrogen-bond donors (Lipinski definition) is 0. The fraction of sp³-hybridized carbons (Fsp3) is 0.533. The molecule has 0 aliphatic heterocycles. The van der Waals surface area contributed by atoms with E-state index in [1.54, 1.807) is 25.3 Å². The molecule has 1 aromatic rings. The molecule has 0 aliphatic rings. The summed E-state index contributed by atoms with van der Waals surface area (Å²) < 4.78 is 15.5. The third-order valence-electron chi connectivity index (χ3n) is 2.88. The van der Waals surface area contributed by atoms with E-state index in [9.17, 15) is 4.79 Å². The molecule has 0 radical (unpaired) electrons. The first kappa shape index (κ1) is 16.6. The molecule has 0 heterocycles. The number of carbonyl (C=O) groups is 1. The van der Waals surface area contributed by atoms with Gasteiger partial charge in [0, 0.05) is 5.88 Å². The minimum atomic E-state index is -0.344. The third-order valence-corrected chi connectivity index (χ3v) is 3.15. The van der Waals surface area contributed by atoms with Crippen LogP contribution in [0.5, 0.6) is 11.5 Å². The van der Waals surface area contributed by atoms with Crippen LogP contribution in [0.25, 0.3) is 0 Å². The Hall–Kier alpha value is -1.42. The summed E-state index contributed by atoms with van der Waals surface area (Å²) in [6.07, 6.45) is 3.95. The summed E-state index contributed by atoms with van der Waals surface area (Å²) in [6.45, 7) is 0.426. The molecule has 0 bridgehead atoms. The lowest BCUT2D eigenvalue weighted by atomic mass is 10.2. The van der Waals surface area contributed by atoms with E-state index in [0.717, 1.165) is 25.7 Å². The monoisotopic (exact) mass is 300 g/mol. The van der Waals surface area contributed by atoms with Crippen molar-refractivity contribution in [2.75, 3.05) is 26.7 Å². The minimum absolute atomic E-state index is 0.344. The van der Waals surface area contributed by atoms with Gasteiger partial charge in [0.1, 0.15) is 0 Å². The van der Waals surface area contributed by atoms with Crippen LogP contribution < -0.4 is 9.47 Å². The highest BCUT2D eigenvalue weighted by Crippen LogP contribution is 2.27. The maximum Gasteiger partial charge on any atom is 0.338 e. The van der Waals surface area contributed by atoms with E-state index < -0.39 is 0 Å². The van der Waals surface area contributed by atoms with Gasteiger partial charge in [-0.2, -0.15) is 0 Å². The van der Waals surface area contributed by atoms with Crippen LogP contribution in [-0.4, -0.2) is 32.7 Å². The summed E-state index contributed by atoms with van der Waals surface area (Å²) in [5, 5.41) is 0. The van der Waals surface area contributed by atoms with Crippen molar-refractivity contribution in [1.29, 1.82) is 0 Å². The van der Waals surface area contributed by atoms with E-state index in [1.807, 2.05) is 0 Å². The van der Waals surface area contributed by atoms with Crippen LogP contribution in [0.3, 0.4) is 0 Å². The summed E-state index contributed by atoms with van der Waals surface area (Å²) >= 11 is 5.59. The number of benzene rings is 1. The normalized spacial score (nSPS) is 10.2. The van der Waals surface area contributed by atoms with Crippen LogP contribution in [0.4, 0.5) is 0 Å². The third kappa shape index (κ3) is 5.29. The van der Waals surface area contributed by atoms with Crippen LogP contribution in [-0.2, 0) is 4.74 Å². The van der Waals surface area contributed by atoms with Crippen molar-refractivity contribution in [3.05, 3.63) is 23.8 Å². The Bertz CT molecular complexity index is 420. The smallest absolute Gasteiger partial charge is 0.338 e. The number of unbranched alkanes of at least 4 members (excludes halogenated alkanes) is 3. The van der Waals surface area contributed by atoms with Crippen LogP contribution >= 0.6 is 11.6 Å². The van der Waals surface area contributed by atoms with E-state index in [2.05, 4.69) is 0 Å². The van der Waals surface area contributed by atoms with Gasteiger partial charge in [-0.3, -0.25) is 0 Å². The van der Waals surface area contributed by atoms with Gasteiger partial charge in [0.15, 0.2) is 11.5 Å². The largest absolute Gasteiger partial charge is 0.493 e. The van der Waals surface area contributed by atoms with Crippen LogP contribution in [0.1, 0.15) is 36.0 Å². The predicted molar refractivity (Wildman–Crippen MR) is 79.0 cm³/mol. The first-order valence-corrected chi connectivity index (χ1v) is 7.21. The predicted octanol–water partition coefficient (Wildman–Crippen LogP) is 3.66. The molecular formula is C15H21ClO4. The van der Waals surface area contributed by atoms with Gasteiger partial charge in [-0.15, -0.1) is 11.6 Å². The average Bonchev–Trinajstić information content (AvgIpc) is 2.49. The van der Waals surface area contributed by atoms with Gasteiger partial charge in [-0.05, 0) is 31.0 Å². The number of carbonyl (C=O) groups excluding carboxylic acids is 1. The highest BCUT2D eigenvalue weighted by atomic mass is 35.5. The zero-order valence-corrected chi connectivity index (χ0v) is 12.7. The molecule has 0 aromatic heterocycles. The van der Waals surface area contributed by atoms with Crippen molar-refractivity contribution in [2.45, 2.75) is 25.7 Å². The van der Waals surface area contributed by atoms with Crippen molar-refractivity contribution in [2.24, 2.45) is 0 Å². The topological polar surface area (TPSA) is 44.8 Å². The molecular weight excluding hydrogens is 280 g/mol.